The largest absolute Gasteiger partial charge is 0.396 e. The van der Waals surface area contributed by atoms with Crippen molar-refractivity contribution in [2.24, 2.45) is 0 Å². The van der Waals surface area contributed by atoms with Gasteiger partial charge in [-0.1, -0.05) is 59.8 Å². The molecule has 0 saturated carbocycles. The molecule has 0 fully saturated rings. The van der Waals surface area contributed by atoms with Crippen LogP contribution in [0.15, 0.2) is 48.5 Å². The van der Waals surface area contributed by atoms with E-state index < -0.39 is 5.60 Å². The highest BCUT2D eigenvalue weighted by Gasteiger charge is 2.19. The van der Waals surface area contributed by atoms with Crippen LogP contribution in [-0.2, 0) is 5.60 Å². The third kappa shape index (κ3) is 5.11. The fourth-order valence-corrected chi connectivity index (χ4v) is 2.39. The summed E-state index contributed by atoms with van der Waals surface area (Å²) < 4.78 is 0. The molecular formula is C20H21ClO2. The fourth-order valence-electron chi connectivity index (χ4n) is 2.26. The van der Waals surface area contributed by atoms with Crippen molar-refractivity contribution in [1.29, 1.82) is 0 Å². The molecule has 0 heterocycles. The highest BCUT2D eigenvalue weighted by molar-refractivity contribution is 6.30. The fraction of sp³-hybridized carbons (Fsp3) is 0.300. The molecule has 0 aliphatic rings. The van der Waals surface area contributed by atoms with Crippen molar-refractivity contribution in [3.63, 3.8) is 0 Å². The summed E-state index contributed by atoms with van der Waals surface area (Å²) in [5, 5.41) is 19.9. The van der Waals surface area contributed by atoms with Crippen LogP contribution in [0.2, 0.25) is 5.02 Å². The molecule has 1 unspecified atom stereocenters. The summed E-state index contributed by atoms with van der Waals surface area (Å²) in [4.78, 5) is 0. The molecule has 1 atom stereocenters. The van der Waals surface area contributed by atoms with Crippen LogP contribution in [0.25, 0.3) is 11.1 Å². The smallest absolute Gasteiger partial charge is 0.148 e. The van der Waals surface area contributed by atoms with Crippen molar-refractivity contribution < 1.29 is 10.2 Å². The third-order valence-corrected chi connectivity index (χ3v) is 3.92. The van der Waals surface area contributed by atoms with Gasteiger partial charge in [-0.25, -0.2) is 0 Å². The molecule has 0 saturated heterocycles. The number of aliphatic hydroxyl groups is 2. The van der Waals surface area contributed by atoms with Crippen molar-refractivity contribution in [3.05, 3.63) is 59.1 Å². The predicted octanol–water partition coefficient (Wildman–Crippen LogP) is 4.38. The summed E-state index contributed by atoms with van der Waals surface area (Å²) in [5.74, 6) is 5.89. The molecule has 2 rings (SSSR count). The van der Waals surface area contributed by atoms with Crippen LogP contribution in [-0.4, -0.2) is 16.8 Å². The number of benzene rings is 2. The highest BCUT2D eigenvalue weighted by atomic mass is 35.5. The maximum Gasteiger partial charge on any atom is 0.148 e. The average molecular weight is 329 g/mol. The Labute approximate surface area is 142 Å². The first-order valence-corrected chi connectivity index (χ1v) is 8.10. The predicted molar refractivity (Wildman–Crippen MR) is 95.2 cm³/mol. The van der Waals surface area contributed by atoms with Crippen LogP contribution in [0.4, 0.5) is 0 Å². The minimum absolute atomic E-state index is 0.185. The summed E-state index contributed by atoms with van der Waals surface area (Å²) in [6.45, 7) is 1.88. The number of aliphatic hydroxyl groups excluding tert-OH is 1. The summed E-state index contributed by atoms with van der Waals surface area (Å²) in [6.07, 6.45) is 2.27. The van der Waals surface area contributed by atoms with Gasteiger partial charge in [0.05, 0.1) is 0 Å². The Balaban J connectivity index is 2.10. The Bertz CT molecular complexity index is 676. The van der Waals surface area contributed by atoms with E-state index >= 15 is 0 Å². The molecule has 2 aromatic carbocycles. The zero-order valence-corrected chi connectivity index (χ0v) is 14.0. The molecule has 23 heavy (non-hydrogen) atoms. The maximum absolute atomic E-state index is 10.5. The second-order valence-electron chi connectivity index (χ2n) is 5.64. The van der Waals surface area contributed by atoms with Gasteiger partial charge in [-0.3, -0.25) is 0 Å². The van der Waals surface area contributed by atoms with E-state index in [1.165, 1.54) is 0 Å². The van der Waals surface area contributed by atoms with Crippen molar-refractivity contribution in [2.45, 2.75) is 31.8 Å². The number of hydrogen-bond donors (Lipinski definition) is 2. The minimum atomic E-state index is -1.17. The number of rotatable bonds is 5. The van der Waals surface area contributed by atoms with Crippen LogP contribution >= 0.6 is 11.6 Å². The van der Waals surface area contributed by atoms with Gasteiger partial charge in [-0.05, 0) is 48.6 Å². The van der Waals surface area contributed by atoms with Gasteiger partial charge in [0.2, 0.25) is 0 Å². The lowest BCUT2D eigenvalue weighted by molar-refractivity contribution is 0.122. The zero-order chi connectivity index (χ0) is 16.7. The van der Waals surface area contributed by atoms with Crippen LogP contribution in [0, 0.1) is 11.8 Å². The topological polar surface area (TPSA) is 40.5 Å². The Morgan fingerprint density at radius 3 is 2.09 bits per heavy atom. The molecule has 0 amide bonds. The molecule has 3 heteroatoms. The summed E-state index contributed by atoms with van der Waals surface area (Å²) in [6, 6.07) is 15.4. The van der Waals surface area contributed by atoms with Gasteiger partial charge >= 0.3 is 0 Å². The molecule has 0 bridgehead atoms. The summed E-state index contributed by atoms with van der Waals surface area (Å²) in [7, 11) is 0. The van der Waals surface area contributed by atoms with Crippen molar-refractivity contribution in [1.82, 2.24) is 0 Å². The Hall–Kier alpha value is -1.79. The number of unbranched alkanes of at least 4 members (excludes halogenated alkanes) is 2. The third-order valence-electron chi connectivity index (χ3n) is 3.67. The molecule has 0 radical (unpaired) electrons. The number of hydrogen-bond acceptors (Lipinski definition) is 2. The Kier molecular flexibility index (Phi) is 6.24. The molecule has 2 aromatic rings. The monoisotopic (exact) mass is 328 g/mol. The van der Waals surface area contributed by atoms with Crippen LogP contribution in [0.3, 0.4) is 0 Å². The molecule has 0 aromatic heterocycles. The molecule has 0 spiro atoms. The molecule has 2 nitrogen and oxygen atoms in total. The van der Waals surface area contributed by atoms with E-state index in [0.717, 1.165) is 29.5 Å². The van der Waals surface area contributed by atoms with Crippen LogP contribution in [0.5, 0.6) is 0 Å². The van der Waals surface area contributed by atoms with E-state index in [4.69, 9.17) is 16.7 Å². The van der Waals surface area contributed by atoms with Crippen LogP contribution < -0.4 is 0 Å². The van der Waals surface area contributed by atoms with Gasteiger partial charge in [0, 0.05) is 18.1 Å². The first-order valence-electron chi connectivity index (χ1n) is 7.73. The van der Waals surface area contributed by atoms with Crippen molar-refractivity contribution >= 4 is 11.6 Å². The van der Waals surface area contributed by atoms with Crippen LogP contribution in [0.1, 0.15) is 31.7 Å². The summed E-state index contributed by atoms with van der Waals surface area (Å²) >= 11 is 5.90. The van der Waals surface area contributed by atoms with Gasteiger partial charge < -0.3 is 10.2 Å². The maximum atomic E-state index is 10.5. The second-order valence-corrected chi connectivity index (χ2v) is 6.08. The first kappa shape index (κ1) is 17.6. The summed E-state index contributed by atoms with van der Waals surface area (Å²) in [5.41, 5.74) is 1.75. The van der Waals surface area contributed by atoms with Gasteiger partial charge in [0.25, 0.3) is 0 Å². The van der Waals surface area contributed by atoms with Crippen molar-refractivity contribution in [3.8, 4) is 23.0 Å². The van der Waals surface area contributed by atoms with Gasteiger partial charge in [0.15, 0.2) is 0 Å². The minimum Gasteiger partial charge on any atom is -0.396 e. The van der Waals surface area contributed by atoms with Crippen molar-refractivity contribution in [2.75, 3.05) is 6.61 Å². The van der Waals surface area contributed by atoms with E-state index in [2.05, 4.69) is 11.8 Å². The lowest BCUT2D eigenvalue weighted by atomic mass is 9.94. The Morgan fingerprint density at radius 2 is 1.52 bits per heavy atom. The average Bonchev–Trinajstić information content (AvgIpc) is 2.55. The van der Waals surface area contributed by atoms with E-state index in [0.29, 0.717) is 11.4 Å². The standard InChI is InChI=1S/C20H21ClO2/c1-20(23,14-4-2-3-5-15-22)18-10-6-16(7-11-18)17-8-12-19(21)13-9-17/h6-13,22-23H,2-3,5,15H2,1H3. The van der Waals surface area contributed by atoms with E-state index in [9.17, 15) is 5.11 Å². The Morgan fingerprint density at radius 1 is 0.957 bits per heavy atom. The molecular weight excluding hydrogens is 308 g/mol. The first-order chi connectivity index (χ1) is 11.0. The molecule has 2 N–H and O–H groups in total. The van der Waals surface area contributed by atoms with Gasteiger partial charge in [0.1, 0.15) is 5.60 Å². The van der Waals surface area contributed by atoms with E-state index in [-0.39, 0.29) is 6.61 Å². The SMILES string of the molecule is CC(O)(C#CCCCCO)c1ccc(-c2ccc(Cl)cc2)cc1. The zero-order valence-electron chi connectivity index (χ0n) is 13.2. The molecule has 120 valence electrons. The van der Waals surface area contributed by atoms with E-state index in [1.54, 1.807) is 6.92 Å². The van der Waals surface area contributed by atoms with E-state index in [1.807, 2.05) is 48.5 Å². The quantitative estimate of drug-likeness (QED) is 0.631. The van der Waals surface area contributed by atoms with Gasteiger partial charge in [-0.15, -0.1) is 0 Å². The molecule has 0 aliphatic carbocycles. The highest BCUT2D eigenvalue weighted by Crippen LogP contribution is 2.25. The molecule has 0 aliphatic heterocycles. The van der Waals surface area contributed by atoms with Gasteiger partial charge in [-0.2, -0.15) is 0 Å². The lowest BCUT2D eigenvalue weighted by Gasteiger charge is -2.17. The number of halogens is 1. The normalized spacial score (nSPS) is 13.0. The lowest BCUT2D eigenvalue weighted by Crippen LogP contribution is -2.18. The second kappa shape index (κ2) is 8.17.